The molecule has 0 atom stereocenters. The Morgan fingerprint density at radius 1 is 1.33 bits per heavy atom. The van der Waals surface area contributed by atoms with E-state index in [1.165, 1.54) is 6.42 Å². The number of hydrogen-bond donors (Lipinski definition) is 1. The minimum Gasteiger partial charge on any atom is -0.329 e. The molecule has 0 saturated heterocycles. The Balaban J connectivity index is 2.16. The van der Waals surface area contributed by atoms with Crippen molar-refractivity contribution >= 4 is 34.9 Å². The van der Waals surface area contributed by atoms with Gasteiger partial charge in [-0.3, -0.25) is 0 Å². The highest BCUT2D eigenvalue weighted by atomic mass is 35.5. The van der Waals surface area contributed by atoms with E-state index in [1.807, 2.05) is 12.1 Å². The summed E-state index contributed by atoms with van der Waals surface area (Å²) in [5.41, 5.74) is 2.04. The highest BCUT2D eigenvalue weighted by Crippen LogP contribution is 2.22. The first kappa shape index (κ1) is 13.6. The van der Waals surface area contributed by atoms with Crippen LogP contribution in [0.2, 0.25) is 5.02 Å². The van der Waals surface area contributed by atoms with E-state index in [-0.39, 0.29) is 0 Å². The Kier molecular flexibility index (Phi) is 4.43. The van der Waals surface area contributed by atoms with E-state index in [2.05, 4.69) is 34.6 Å². The number of unbranched alkanes of at least 4 members (excludes halogenated alkanes) is 1. The lowest BCUT2D eigenvalue weighted by molar-refractivity contribution is 0.388. The second-order valence-corrected chi connectivity index (χ2v) is 5.52. The van der Waals surface area contributed by atoms with Crippen LogP contribution in [-0.4, -0.2) is 35.1 Å². The van der Waals surface area contributed by atoms with Gasteiger partial charge < -0.3 is 14.5 Å². The van der Waals surface area contributed by atoms with Crippen LogP contribution in [0.25, 0.3) is 11.0 Å². The maximum atomic E-state index is 6.15. The number of H-pyrrole nitrogens is 1. The van der Waals surface area contributed by atoms with E-state index in [0.717, 1.165) is 40.3 Å². The van der Waals surface area contributed by atoms with Crippen LogP contribution < -0.4 is 0 Å². The smallest absolute Gasteiger partial charge is 0.178 e. The van der Waals surface area contributed by atoms with Gasteiger partial charge in [-0.15, -0.1) is 0 Å². The Hall–Kier alpha value is -0.840. The molecule has 1 aromatic heterocycles. The van der Waals surface area contributed by atoms with Crippen LogP contribution >= 0.6 is 23.8 Å². The third-order valence-corrected chi connectivity index (χ3v) is 3.63. The number of rotatable bonds is 5. The van der Waals surface area contributed by atoms with Crippen LogP contribution in [0.5, 0.6) is 0 Å². The molecule has 1 N–H and O–H groups in total. The molecule has 5 heteroatoms. The quantitative estimate of drug-likeness (QED) is 0.668. The third-order valence-electron chi connectivity index (χ3n) is 3.00. The zero-order valence-electron chi connectivity index (χ0n) is 10.7. The summed E-state index contributed by atoms with van der Waals surface area (Å²) in [4.78, 5) is 5.38. The third kappa shape index (κ3) is 2.94. The fraction of sp³-hybridized carbons (Fsp3) is 0.462. The molecule has 18 heavy (non-hydrogen) atoms. The number of para-hydroxylation sites is 1. The fourth-order valence-electron chi connectivity index (χ4n) is 2.07. The number of benzene rings is 1. The molecule has 0 saturated carbocycles. The number of imidazole rings is 1. The van der Waals surface area contributed by atoms with Gasteiger partial charge in [-0.2, -0.15) is 0 Å². The number of aromatic nitrogens is 2. The lowest BCUT2D eigenvalue weighted by Crippen LogP contribution is -2.13. The molecule has 1 heterocycles. The second-order valence-electron chi connectivity index (χ2n) is 4.73. The molecule has 0 fully saturated rings. The molecule has 0 radical (unpaired) electrons. The maximum Gasteiger partial charge on any atom is 0.178 e. The molecule has 0 spiro atoms. The van der Waals surface area contributed by atoms with E-state index in [9.17, 15) is 0 Å². The highest BCUT2D eigenvalue weighted by molar-refractivity contribution is 7.71. The van der Waals surface area contributed by atoms with Crippen molar-refractivity contribution in [3.8, 4) is 0 Å². The van der Waals surface area contributed by atoms with Gasteiger partial charge in [0.1, 0.15) is 0 Å². The number of nitrogens with one attached hydrogen (secondary N) is 1. The molecule has 0 bridgehead atoms. The molecule has 2 aromatic rings. The summed E-state index contributed by atoms with van der Waals surface area (Å²) in [7, 11) is 4.19. The number of hydrogen-bond acceptors (Lipinski definition) is 2. The van der Waals surface area contributed by atoms with Crippen LogP contribution in [0.4, 0.5) is 0 Å². The normalized spacial score (nSPS) is 11.6. The molecule has 0 aliphatic carbocycles. The van der Waals surface area contributed by atoms with Crippen LogP contribution in [0.1, 0.15) is 12.8 Å². The highest BCUT2D eigenvalue weighted by Gasteiger charge is 2.06. The molecule has 2 rings (SSSR count). The molecule has 0 aliphatic heterocycles. The summed E-state index contributed by atoms with van der Waals surface area (Å²) in [6, 6.07) is 5.90. The zero-order chi connectivity index (χ0) is 13.1. The van der Waals surface area contributed by atoms with Crippen molar-refractivity contribution in [3.05, 3.63) is 28.0 Å². The Morgan fingerprint density at radius 2 is 2.11 bits per heavy atom. The maximum absolute atomic E-state index is 6.15. The molecular weight excluding hydrogens is 266 g/mol. The van der Waals surface area contributed by atoms with Crippen molar-refractivity contribution in [2.45, 2.75) is 19.4 Å². The van der Waals surface area contributed by atoms with Crippen LogP contribution in [0.15, 0.2) is 18.2 Å². The van der Waals surface area contributed by atoms with E-state index < -0.39 is 0 Å². The largest absolute Gasteiger partial charge is 0.329 e. The van der Waals surface area contributed by atoms with Crippen LogP contribution in [0, 0.1) is 4.77 Å². The summed E-state index contributed by atoms with van der Waals surface area (Å²) >= 11 is 11.5. The van der Waals surface area contributed by atoms with E-state index >= 15 is 0 Å². The van der Waals surface area contributed by atoms with Crippen LogP contribution in [0.3, 0.4) is 0 Å². The molecule has 98 valence electrons. The number of aromatic amines is 1. The summed E-state index contributed by atoms with van der Waals surface area (Å²) in [6.45, 7) is 2.05. The summed E-state index contributed by atoms with van der Waals surface area (Å²) in [5, 5.41) is 0.727. The van der Waals surface area contributed by atoms with Gasteiger partial charge in [0.25, 0.3) is 0 Å². The molecule has 0 aliphatic rings. The predicted molar refractivity (Wildman–Crippen MR) is 79.9 cm³/mol. The van der Waals surface area contributed by atoms with E-state index in [4.69, 9.17) is 23.8 Å². The molecular formula is C13H18ClN3S. The SMILES string of the molecule is CN(C)CCCCn1c(=S)[nH]c2c(Cl)cccc21. The molecule has 3 nitrogen and oxygen atoms in total. The Bertz CT molecular complexity index is 585. The van der Waals surface area contributed by atoms with Gasteiger partial charge in [-0.05, 0) is 57.8 Å². The van der Waals surface area contributed by atoms with Gasteiger partial charge in [0.15, 0.2) is 4.77 Å². The Labute approximate surface area is 117 Å². The topological polar surface area (TPSA) is 24.0 Å². The number of aryl methyl sites for hydroxylation is 1. The second kappa shape index (κ2) is 5.87. The standard InChI is InChI=1S/C13H18ClN3S/c1-16(2)8-3-4-9-17-11-7-5-6-10(14)12(11)15-13(17)18/h5-7H,3-4,8-9H2,1-2H3,(H,15,18). The predicted octanol–water partition coefficient (Wildman–Crippen LogP) is 3.69. The Morgan fingerprint density at radius 3 is 2.83 bits per heavy atom. The lowest BCUT2D eigenvalue weighted by atomic mass is 10.3. The van der Waals surface area contributed by atoms with Crippen molar-refractivity contribution in [2.75, 3.05) is 20.6 Å². The minimum absolute atomic E-state index is 0.727. The average molecular weight is 284 g/mol. The van der Waals surface area contributed by atoms with Crippen molar-refractivity contribution in [2.24, 2.45) is 0 Å². The first-order valence-corrected chi connectivity index (χ1v) is 6.90. The van der Waals surface area contributed by atoms with Crippen LogP contribution in [-0.2, 0) is 6.54 Å². The van der Waals surface area contributed by atoms with E-state index in [1.54, 1.807) is 0 Å². The van der Waals surface area contributed by atoms with Crippen molar-refractivity contribution in [1.82, 2.24) is 14.5 Å². The molecule has 0 unspecified atom stereocenters. The van der Waals surface area contributed by atoms with Gasteiger partial charge in [-0.1, -0.05) is 17.7 Å². The van der Waals surface area contributed by atoms with Crippen molar-refractivity contribution in [3.63, 3.8) is 0 Å². The average Bonchev–Trinajstić information content (AvgIpc) is 2.63. The van der Waals surface area contributed by atoms with Gasteiger partial charge in [0.2, 0.25) is 0 Å². The number of halogens is 1. The lowest BCUT2D eigenvalue weighted by Gasteiger charge is -2.09. The molecule has 0 amide bonds. The summed E-state index contributed by atoms with van der Waals surface area (Å²) < 4.78 is 2.88. The van der Waals surface area contributed by atoms with Gasteiger partial charge in [0.05, 0.1) is 16.1 Å². The zero-order valence-corrected chi connectivity index (χ0v) is 12.3. The van der Waals surface area contributed by atoms with Gasteiger partial charge in [0, 0.05) is 6.54 Å². The van der Waals surface area contributed by atoms with Gasteiger partial charge >= 0.3 is 0 Å². The number of fused-ring (bicyclic) bond motifs is 1. The minimum atomic E-state index is 0.727. The monoisotopic (exact) mass is 283 g/mol. The molecule has 1 aromatic carbocycles. The first-order chi connectivity index (χ1) is 8.59. The summed E-state index contributed by atoms with van der Waals surface area (Å²) in [6.07, 6.45) is 2.29. The van der Waals surface area contributed by atoms with Crippen molar-refractivity contribution in [1.29, 1.82) is 0 Å². The summed E-state index contributed by atoms with van der Waals surface area (Å²) in [5.74, 6) is 0. The number of nitrogens with zero attached hydrogens (tertiary/aromatic N) is 2. The van der Waals surface area contributed by atoms with Gasteiger partial charge in [-0.25, -0.2) is 0 Å². The van der Waals surface area contributed by atoms with E-state index in [0.29, 0.717) is 0 Å². The first-order valence-electron chi connectivity index (χ1n) is 6.11. The van der Waals surface area contributed by atoms with Crippen molar-refractivity contribution < 1.29 is 0 Å². The fourth-order valence-corrected chi connectivity index (χ4v) is 2.57.